The van der Waals surface area contributed by atoms with Crippen LogP contribution in [0.1, 0.15) is 11.4 Å². The molecule has 2 rings (SSSR count). The molecule has 6 heteroatoms. The van der Waals surface area contributed by atoms with E-state index in [9.17, 15) is 9.18 Å². The maximum atomic E-state index is 13.7. The van der Waals surface area contributed by atoms with E-state index in [2.05, 4.69) is 4.98 Å². The summed E-state index contributed by atoms with van der Waals surface area (Å²) in [6.45, 7) is 1.71. The number of aryl methyl sites for hydroxylation is 1. The fraction of sp³-hybridized carbons (Fsp3) is 0.167. The van der Waals surface area contributed by atoms with Crippen molar-refractivity contribution in [2.45, 2.75) is 13.5 Å². The lowest BCUT2D eigenvalue weighted by molar-refractivity contribution is 0.590. The van der Waals surface area contributed by atoms with E-state index in [1.807, 2.05) is 0 Å². The summed E-state index contributed by atoms with van der Waals surface area (Å²) in [6, 6.07) is 5.85. The molecule has 0 spiro atoms. The third-order valence-electron chi connectivity index (χ3n) is 2.53. The predicted octanol–water partition coefficient (Wildman–Crippen LogP) is 3.05. The zero-order valence-corrected chi connectivity index (χ0v) is 11.0. The summed E-state index contributed by atoms with van der Waals surface area (Å²) in [7, 11) is 0. The number of nitrogens with zero attached hydrogens (tertiary/aromatic N) is 2. The van der Waals surface area contributed by atoms with E-state index in [0.717, 1.165) is 0 Å². The topological polar surface area (TPSA) is 34.9 Å². The number of hydrogen-bond donors (Lipinski definition) is 0. The third-order valence-corrected chi connectivity index (χ3v) is 3.01. The summed E-state index contributed by atoms with van der Waals surface area (Å²) < 4.78 is 15.1. The van der Waals surface area contributed by atoms with Crippen molar-refractivity contribution < 1.29 is 4.39 Å². The maximum absolute atomic E-state index is 13.7. The van der Waals surface area contributed by atoms with Gasteiger partial charge in [-0.25, -0.2) is 9.37 Å². The highest BCUT2D eigenvalue weighted by Gasteiger charge is 2.10. The number of rotatable bonds is 2. The normalized spacial score (nSPS) is 10.7. The summed E-state index contributed by atoms with van der Waals surface area (Å²) in [4.78, 5) is 15.7. The van der Waals surface area contributed by atoms with Crippen molar-refractivity contribution in [1.82, 2.24) is 9.55 Å². The largest absolute Gasteiger partial charge is 0.292 e. The Morgan fingerprint density at radius 3 is 2.78 bits per heavy atom. The second-order valence-electron chi connectivity index (χ2n) is 3.76. The van der Waals surface area contributed by atoms with Gasteiger partial charge in [0.1, 0.15) is 16.8 Å². The lowest BCUT2D eigenvalue weighted by atomic mass is 10.2. The van der Waals surface area contributed by atoms with Crippen LogP contribution in [0, 0.1) is 12.7 Å². The molecule has 0 saturated heterocycles. The van der Waals surface area contributed by atoms with Crippen LogP contribution in [0.3, 0.4) is 0 Å². The first kappa shape index (κ1) is 13.1. The number of benzene rings is 1. The van der Waals surface area contributed by atoms with Crippen LogP contribution in [0.2, 0.25) is 10.2 Å². The first-order chi connectivity index (χ1) is 8.49. The molecule has 0 aliphatic carbocycles. The molecule has 0 bridgehead atoms. The van der Waals surface area contributed by atoms with Gasteiger partial charge >= 0.3 is 0 Å². The van der Waals surface area contributed by atoms with Gasteiger partial charge in [0, 0.05) is 11.6 Å². The van der Waals surface area contributed by atoms with E-state index in [1.54, 1.807) is 19.1 Å². The smallest absolute Gasteiger partial charge is 0.255 e. The van der Waals surface area contributed by atoms with Gasteiger partial charge in [-0.15, -0.1) is 0 Å². The summed E-state index contributed by atoms with van der Waals surface area (Å²) in [5.74, 6) is -0.104. The van der Waals surface area contributed by atoms with Gasteiger partial charge in [0.15, 0.2) is 0 Å². The average Bonchev–Trinajstić information content (AvgIpc) is 2.28. The van der Waals surface area contributed by atoms with E-state index in [4.69, 9.17) is 23.2 Å². The molecule has 0 aliphatic heterocycles. The lowest BCUT2D eigenvalue weighted by Gasteiger charge is -2.10. The molecule has 2 aromatic rings. The molecule has 0 saturated carbocycles. The molecule has 0 aliphatic rings. The molecule has 1 heterocycles. The maximum Gasteiger partial charge on any atom is 0.255 e. The van der Waals surface area contributed by atoms with Crippen LogP contribution in [0.15, 0.2) is 29.1 Å². The quantitative estimate of drug-likeness (QED) is 0.796. The Bertz CT molecular complexity index is 655. The van der Waals surface area contributed by atoms with E-state index >= 15 is 0 Å². The van der Waals surface area contributed by atoms with Crippen molar-refractivity contribution in [3.8, 4) is 0 Å². The first-order valence-corrected chi connectivity index (χ1v) is 5.91. The number of aromatic nitrogens is 2. The van der Waals surface area contributed by atoms with Crippen LogP contribution in [0.25, 0.3) is 0 Å². The molecule has 0 atom stereocenters. The Labute approximate surface area is 113 Å². The van der Waals surface area contributed by atoms with Crippen LogP contribution in [-0.2, 0) is 6.54 Å². The fourth-order valence-electron chi connectivity index (χ4n) is 1.62. The van der Waals surface area contributed by atoms with Gasteiger partial charge in [-0.05, 0) is 13.0 Å². The summed E-state index contributed by atoms with van der Waals surface area (Å²) in [6.07, 6.45) is 0. The van der Waals surface area contributed by atoms with Crippen LogP contribution < -0.4 is 5.56 Å². The average molecular weight is 287 g/mol. The summed E-state index contributed by atoms with van der Waals surface area (Å²) in [5, 5.41) is 0.153. The van der Waals surface area contributed by atoms with Crippen molar-refractivity contribution in [2.24, 2.45) is 0 Å². The van der Waals surface area contributed by atoms with Gasteiger partial charge in [0.2, 0.25) is 0 Å². The molecule has 0 fully saturated rings. The second kappa shape index (κ2) is 5.08. The molecule has 1 aromatic carbocycles. The van der Waals surface area contributed by atoms with E-state index in [-0.39, 0.29) is 22.3 Å². The van der Waals surface area contributed by atoms with E-state index in [1.165, 1.54) is 16.7 Å². The monoisotopic (exact) mass is 286 g/mol. The van der Waals surface area contributed by atoms with Crippen molar-refractivity contribution >= 4 is 23.2 Å². The van der Waals surface area contributed by atoms with E-state index < -0.39 is 5.82 Å². The number of halogens is 3. The molecular formula is C12H9Cl2FN2O. The van der Waals surface area contributed by atoms with Crippen molar-refractivity contribution in [2.75, 3.05) is 0 Å². The molecule has 94 valence electrons. The highest BCUT2D eigenvalue weighted by molar-refractivity contribution is 6.30. The third kappa shape index (κ3) is 2.54. The van der Waals surface area contributed by atoms with Crippen LogP contribution in [-0.4, -0.2) is 9.55 Å². The molecule has 1 aromatic heterocycles. The van der Waals surface area contributed by atoms with Crippen molar-refractivity contribution in [3.63, 3.8) is 0 Å². The van der Waals surface area contributed by atoms with Crippen LogP contribution in [0.4, 0.5) is 4.39 Å². The molecule has 0 N–H and O–H groups in total. The zero-order valence-electron chi connectivity index (χ0n) is 9.45. The highest BCUT2D eigenvalue weighted by atomic mass is 35.5. The molecule has 0 radical (unpaired) electrons. The minimum Gasteiger partial charge on any atom is -0.292 e. The Hall–Kier alpha value is -1.39. The second-order valence-corrected chi connectivity index (χ2v) is 4.56. The number of hydrogen-bond acceptors (Lipinski definition) is 2. The Balaban J connectivity index is 2.47. The highest BCUT2D eigenvalue weighted by Crippen LogP contribution is 2.18. The van der Waals surface area contributed by atoms with Gasteiger partial charge in [-0.1, -0.05) is 35.3 Å². The summed E-state index contributed by atoms with van der Waals surface area (Å²) >= 11 is 11.3. The van der Waals surface area contributed by atoms with Crippen LogP contribution in [0.5, 0.6) is 0 Å². The minimum absolute atomic E-state index is 0.0279. The van der Waals surface area contributed by atoms with Gasteiger partial charge in [-0.2, -0.15) is 0 Å². The SMILES string of the molecule is Cc1nc(Cl)cc(=O)n1Cc1cccc(Cl)c1F. The zero-order chi connectivity index (χ0) is 13.3. The minimum atomic E-state index is -0.527. The first-order valence-electron chi connectivity index (χ1n) is 5.16. The van der Waals surface area contributed by atoms with Gasteiger partial charge in [0.25, 0.3) is 5.56 Å². The van der Waals surface area contributed by atoms with Gasteiger partial charge in [0.05, 0.1) is 11.6 Å². The molecular weight excluding hydrogens is 278 g/mol. The van der Waals surface area contributed by atoms with Gasteiger partial charge in [-0.3, -0.25) is 9.36 Å². The van der Waals surface area contributed by atoms with Crippen LogP contribution >= 0.6 is 23.2 Å². The standard InChI is InChI=1S/C12H9Cl2FN2O/c1-7-16-10(14)5-11(18)17(7)6-8-3-2-4-9(13)12(8)15/h2-5H,6H2,1H3. The molecule has 0 unspecified atom stereocenters. The van der Waals surface area contributed by atoms with E-state index in [0.29, 0.717) is 11.4 Å². The molecule has 3 nitrogen and oxygen atoms in total. The summed E-state index contributed by atoms with van der Waals surface area (Å²) in [5.41, 5.74) is 0.00342. The Kier molecular flexibility index (Phi) is 3.68. The van der Waals surface area contributed by atoms with Crippen molar-refractivity contribution in [1.29, 1.82) is 0 Å². The Morgan fingerprint density at radius 1 is 1.39 bits per heavy atom. The van der Waals surface area contributed by atoms with Gasteiger partial charge < -0.3 is 0 Å². The van der Waals surface area contributed by atoms with Crippen molar-refractivity contribution in [3.05, 3.63) is 62.0 Å². The fourth-order valence-corrected chi connectivity index (χ4v) is 2.03. The lowest BCUT2D eigenvalue weighted by Crippen LogP contribution is -2.23. The Morgan fingerprint density at radius 2 is 2.11 bits per heavy atom. The predicted molar refractivity (Wildman–Crippen MR) is 68.8 cm³/mol. The molecule has 0 amide bonds. The molecule has 18 heavy (non-hydrogen) atoms.